The Hall–Kier alpha value is -0.650. The van der Waals surface area contributed by atoms with E-state index in [1.807, 2.05) is 6.92 Å². The van der Waals surface area contributed by atoms with Gasteiger partial charge in [-0.1, -0.05) is 6.92 Å². The van der Waals surface area contributed by atoms with Crippen LogP contribution in [0.4, 0.5) is 0 Å². The number of likely N-dealkylation sites (tertiary alicyclic amines) is 1. The van der Waals surface area contributed by atoms with E-state index in [1.54, 1.807) is 0 Å². The van der Waals surface area contributed by atoms with E-state index >= 15 is 0 Å². The molecule has 19 heavy (non-hydrogen) atoms. The molecule has 1 amide bonds. The molecule has 0 aromatic rings. The molecule has 0 aromatic heterocycles. The number of rotatable bonds is 5. The van der Waals surface area contributed by atoms with Crippen LogP contribution in [-0.4, -0.2) is 55.5 Å². The fourth-order valence-electron chi connectivity index (χ4n) is 2.61. The summed E-state index contributed by atoms with van der Waals surface area (Å²) in [5.41, 5.74) is 0. The van der Waals surface area contributed by atoms with Crippen molar-refractivity contribution in [3.8, 4) is 0 Å². The zero-order valence-corrected chi connectivity index (χ0v) is 12.1. The normalized spacial score (nSPS) is 24.5. The lowest BCUT2D eigenvalue weighted by atomic mass is 10.0. The molecule has 5 nitrogen and oxygen atoms in total. The number of carbonyl (C=O) groups is 1. The summed E-state index contributed by atoms with van der Waals surface area (Å²) in [4.78, 5) is 14.0. The van der Waals surface area contributed by atoms with Crippen LogP contribution in [0, 0.1) is 0 Å². The molecule has 2 aliphatic rings. The summed E-state index contributed by atoms with van der Waals surface area (Å²) in [5.74, 6) is -0.154. The summed E-state index contributed by atoms with van der Waals surface area (Å²) in [6.07, 6.45) is 3.39. The van der Waals surface area contributed by atoms with Crippen molar-refractivity contribution in [2.45, 2.75) is 51.4 Å². The standard InChI is InChI=1S/C14H26N2O3/c1-3-12(2)15-13(17)4-7-16-8-5-14(6-9-16)18-10-11-19-14/h12H,3-11H2,1-2H3,(H,15,17). The molecule has 0 radical (unpaired) electrons. The number of amides is 1. The molecule has 2 saturated heterocycles. The van der Waals surface area contributed by atoms with E-state index in [1.165, 1.54) is 0 Å². The molecule has 2 aliphatic heterocycles. The summed E-state index contributed by atoms with van der Waals surface area (Å²) in [6.45, 7) is 8.30. The van der Waals surface area contributed by atoms with Gasteiger partial charge < -0.3 is 19.7 Å². The lowest BCUT2D eigenvalue weighted by molar-refractivity contribution is -0.185. The molecule has 2 rings (SSSR count). The number of nitrogens with one attached hydrogen (secondary N) is 1. The van der Waals surface area contributed by atoms with Gasteiger partial charge in [0.2, 0.25) is 5.91 Å². The second-order valence-corrected chi connectivity index (χ2v) is 5.58. The highest BCUT2D eigenvalue weighted by Crippen LogP contribution is 2.31. The molecule has 2 fully saturated rings. The average molecular weight is 270 g/mol. The van der Waals surface area contributed by atoms with Crippen LogP contribution in [0.25, 0.3) is 0 Å². The highest BCUT2D eigenvalue weighted by Gasteiger charge is 2.39. The fourth-order valence-corrected chi connectivity index (χ4v) is 2.61. The second kappa shape index (κ2) is 6.68. The predicted molar refractivity (Wildman–Crippen MR) is 72.8 cm³/mol. The smallest absolute Gasteiger partial charge is 0.221 e. The summed E-state index contributed by atoms with van der Waals surface area (Å²) >= 11 is 0. The van der Waals surface area contributed by atoms with Gasteiger partial charge in [-0.05, 0) is 13.3 Å². The van der Waals surface area contributed by atoms with Gasteiger partial charge in [0.1, 0.15) is 0 Å². The zero-order chi connectivity index (χ0) is 13.7. The summed E-state index contributed by atoms with van der Waals surface area (Å²) in [5, 5.41) is 3.00. The number of piperidine rings is 1. The molecule has 110 valence electrons. The van der Waals surface area contributed by atoms with Gasteiger partial charge in [0.25, 0.3) is 0 Å². The molecule has 5 heteroatoms. The Morgan fingerprint density at radius 3 is 2.53 bits per heavy atom. The SMILES string of the molecule is CCC(C)NC(=O)CCN1CCC2(CC1)OCCO2. The van der Waals surface area contributed by atoms with E-state index in [9.17, 15) is 4.79 Å². The minimum atomic E-state index is -0.310. The van der Waals surface area contributed by atoms with Crippen LogP contribution in [0.1, 0.15) is 39.5 Å². The number of carbonyl (C=O) groups excluding carboxylic acids is 1. The third-order valence-corrected chi connectivity index (χ3v) is 4.11. The first-order chi connectivity index (χ1) is 9.13. The predicted octanol–water partition coefficient (Wildman–Crippen LogP) is 1.13. The van der Waals surface area contributed by atoms with E-state index in [2.05, 4.69) is 17.1 Å². The number of hydrogen-bond donors (Lipinski definition) is 1. The van der Waals surface area contributed by atoms with Crippen LogP contribution in [-0.2, 0) is 14.3 Å². The second-order valence-electron chi connectivity index (χ2n) is 5.58. The third kappa shape index (κ3) is 4.16. The van der Waals surface area contributed by atoms with Gasteiger partial charge in [-0.2, -0.15) is 0 Å². The molecule has 0 aromatic carbocycles. The number of hydrogen-bond acceptors (Lipinski definition) is 4. The van der Waals surface area contributed by atoms with Crippen LogP contribution in [0.3, 0.4) is 0 Å². The monoisotopic (exact) mass is 270 g/mol. The van der Waals surface area contributed by atoms with Crippen LogP contribution in [0.15, 0.2) is 0 Å². The van der Waals surface area contributed by atoms with Crippen molar-refractivity contribution in [1.29, 1.82) is 0 Å². The maximum absolute atomic E-state index is 11.7. The van der Waals surface area contributed by atoms with Crippen molar-refractivity contribution in [3.63, 3.8) is 0 Å². The van der Waals surface area contributed by atoms with Gasteiger partial charge in [-0.15, -0.1) is 0 Å². The molecule has 0 saturated carbocycles. The Morgan fingerprint density at radius 2 is 1.95 bits per heavy atom. The first-order valence-corrected chi connectivity index (χ1v) is 7.43. The molecule has 1 unspecified atom stereocenters. The number of nitrogens with zero attached hydrogens (tertiary/aromatic N) is 1. The Morgan fingerprint density at radius 1 is 1.32 bits per heavy atom. The van der Waals surface area contributed by atoms with Crippen molar-refractivity contribution in [3.05, 3.63) is 0 Å². The van der Waals surface area contributed by atoms with Crippen molar-refractivity contribution in [2.75, 3.05) is 32.8 Å². The summed E-state index contributed by atoms with van der Waals surface area (Å²) < 4.78 is 11.4. The minimum absolute atomic E-state index is 0.156. The molecule has 0 bridgehead atoms. The highest BCUT2D eigenvalue weighted by molar-refractivity contribution is 5.76. The Balaban J connectivity index is 1.64. The lowest BCUT2D eigenvalue weighted by Crippen LogP contribution is -2.46. The zero-order valence-electron chi connectivity index (χ0n) is 12.1. The molecular weight excluding hydrogens is 244 g/mol. The van der Waals surface area contributed by atoms with Crippen LogP contribution >= 0.6 is 0 Å². The van der Waals surface area contributed by atoms with Gasteiger partial charge in [0.15, 0.2) is 5.79 Å². The van der Waals surface area contributed by atoms with Gasteiger partial charge in [0, 0.05) is 44.9 Å². The number of ether oxygens (including phenoxy) is 2. The Labute approximate surface area is 115 Å². The molecular formula is C14H26N2O3. The van der Waals surface area contributed by atoms with E-state index in [0.717, 1.165) is 52.1 Å². The van der Waals surface area contributed by atoms with Crippen molar-refractivity contribution < 1.29 is 14.3 Å². The van der Waals surface area contributed by atoms with Crippen LogP contribution in [0.5, 0.6) is 0 Å². The molecule has 1 N–H and O–H groups in total. The fraction of sp³-hybridized carbons (Fsp3) is 0.929. The molecule has 1 spiro atoms. The largest absolute Gasteiger partial charge is 0.354 e. The van der Waals surface area contributed by atoms with E-state index < -0.39 is 0 Å². The molecule has 0 aliphatic carbocycles. The topological polar surface area (TPSA) is 50.8 Å². The van der Waals surface area contributed by atoms with Gasteiger partial charge in [0.05, 0.1) is 13.2 Å². The maximum Gasteiger partial charge on any atom is 0.221 e. The van der Waals surface area contributed by atoms with Crippen LogP contribution < -0.4 is 5.32 Å². The lowest BCUT2D eigenvalue weighted by Gasteiger charge is -2.37. The summed E-state index contributed by atoms with van der Waals surface area (Å²) in [7, 11) is 0. The van der Waals surface area contributed by atoms with Crippen molar-refractivity contribution >= 4 is 5.91 Å². The van der Waals surface area contributed by atoms with Gasteiger partial charge >= 0.3 is 0 Å². The van der Waals surface area contributed by atoms with Crippen molar-refractivity contribution in [1.82, 2.24) is 10.2 Å². The van der Waals surface area contributed by atoms with Crippen LogP contribution in [0.2, 0.25) is 0 Å². The van der Waals surface area contributed by atoms with Crippen molar-refractivity contribution in [2.24, 2.45) is 0 Å². The minimum Gasteiger partial charge on any atom is -0.354 e. The summed E-state index contributed by atoms with van der Waals surface area (Å²) in [6, 6.07) is 0.275. The molecule has 1 atom stereocenters. The average Bonchev–Trinajstić information content (AvgIpc) is 2.86. The van der Waals surface area contributed by atoms with Gasteiger partial charge in [-0.3, -0.25) is 4.79 Å². The van der Waals surface area contributed by atoms with E-state index in [0.29, 0.717) is 6.42 Å². The Bertz CT molecular complexity index is 293. The first kappa shape index (κ1) is 14.8. The quantitative estimate of drug-likeness (QED) is 0.813. The van der Waals surface area contributed by atoms with E-state index in [4.69, 9.17) is 9.47 Å². The molecule has 2 heterocycles. The highest BCUT2D eigenvalue weighted by atomic mass is 16.7. The van der Waals surface area contributed by atoms with E-state index in [-0.39, 0.29) is 17.7 Å². The first-order valence-electron chi connectivity index (χ1n) is 7.43. The maximum atomic E-state index is 11.7. The van der Waals surface area contributed by atoms with Gasteiger partial charge in [-0.25, -0.2) is 0 Å². The Kier molecular flexibility index (Phi) is 5.19. The third-order valence-electron chi connectivity index (χ3n) is 4.11.